The van der Waals surface area contributed by atoms with E-state index in [0.717, 1.165) is 0 Å². The first-order valence-corrected chi connectivity index (χ1v) is 5.94. The number of nitrogens with zero attached hydrogens (tertiary/aromatic N) is 3. The molecule has 1 amide bonds. The third-order valence-corrected chi connectivity index (χ3v) is 2.97. The van der Waals surface area contributed by atoms with Gasteiger partial charge in [-0.2, -0.15) is 0 Å². The number of amides is 1. The molecule has 18 heavy (non-hydrogen) atoms. The molecule has 2 heterocycles. The molecule has 0 unspecified atom stereocenters. The lowest BCUT2D eigenvalue weighted by Crippen LogP contribution is -2.12. The van der Waals surface area contributed by atoms with Gasteiger partial charge in [0.05, 0.1) is 16.6 Å². The summed E-state index contributed by atoms with van der Waals surface area (Å²) >= 11 is 1.25. The van der Waals surface area contributed by atoms with Crippen molar-refractivity contribution < 1.29 is 4.79 Å². The lowest BCUT2D eigenvalue weighted by molar-refractivity contribution is 0.102. The number of carbonyl (C=O) groups is 1. The number of para-hydroxylation sites is 1. The molecule has 0 aliphatic heterocycles. The number of hydrogen-bond donors (Lipinski definition) is 3. The fourth-order valence-corrected chi connectivity index (χ4v) is 2.07. The van der Waals surface area contributed by atoms with Gasteiger partial charge in [-0.05, 0) is 12.1 Å². The van der Waals surface area contributed by atoms with Gasteiger partial charge in [0.25, 0.3) is 5.91 Å². The summed E-state index contributed by atoms with van der Waals surface area (Å²) in [4.78, 5) is 19.0. The number of aromatic amines is 1. The molecule has 0 spiro atoms. The van der Waals surface area contributed by atoms with Crippen LogP contribution in [0.4, 0.5) is 11.1 Å². The third-order valence-electron chi connectivity index (χ3n) is 2.36. The van der Waals surface area contributed by atoms with E-state index < -0.39 is 0 Å². The van der Waals surface area contributed by atoms with Crippen LogP contribution in [0.3, 0.4) is 0 Å². The molecule has 0 aliphatic carbocycles. The Morgan fingerprint density at radius 1 is 1.44 bits per heavy atom. The average Bonchev–Trinajstić information content (AvgIpc) is 2.95. The van der Waals surface area contributed by atoms with Gasteiger partial charge in [0, 0.05) is 0 Å². The molecule has 7 nitrogen and oxygen atoms in total. The molecular formula is C10H8N6OS. The van der Waals surface area contributed by atoms with E-state index in [-0.39, 0.29) is 11.9 Å². The summed E-state index contributed by atoms with van der Waals surface area (Å²) in [6.45, 7) is 0. The Morgan fingerprint density at radius 3 is 3.11 bits per heavy atom. The molecule has 0 saturated heterocycles. The minimum atomic E-state index is -0.277. The highest BCUT2D eigenvalue weighted by molar-refractivity contribution is 7.13. The molecule has 1 aromatic carbocycles. The summed E-state index contributed by atoms with van der Waals surface area (Å²) in [5, 5.41) is 10.5. The van der Waals surface area contributed by atoms with Crippen LogP contribution in [0.5, 0.6) is 0 Å². The highest BCUT2D eigenvalue weighted by Crippen LogP contribution is 2.19. The van der Waals surface area contributed by atoms with Crippen molar-refractivity contribution in [1.29, 1.82) is 0 Å². The predicted octanol–water partition coefficient (Wildman–Crippen LogP) is 1.25. The molecule has 4 N–H and O–H groups in total. The zero-order valence-corrected chi connectivity index (χ0v) is 9.86. The van der Waals surface area contributed by atoms with E-state index in [0.29, 0.717) is 21.7 Å². The first-order chi connectivity index (χ1) is 8.74. The number of fused-ring (bicyclic) bond motifs is 1. The summed E-state index contributed by atoms with van der Waals surface area (Å²) < 4.78 is 0. The average molecular weight is 260 g/mol. The molecular weight excluding hydrogens is 252 g/mol. The Bertz CT molecular complexity index is 704. The van der Waals surface area contributed by atoms with Gasteiger partial charge in [-0.15, -0.1) is 10.2 Å². The van der Waals surface area contributed by atoms with Crippen LogP contribution in [0, 0.1) is 0 Å². The Labute approximate surface area is 105 Å². The second kappa shape index (κ2) is 4.08. The van der Waals surface area contributed by atoms with E-state index in [1.807, 2.05) is 0 Å². The summed E-state index contributed by atoms with van der Waals surface area (Å²) in [6, 6.07) is 5.22. The SMILES string of the molecule is Nc1nc2cccc(C(=O)Nc3nncs3)c2[nH]1. The van der Waals surface area contributed by atoms with Gasteiger partial charge < -0.3 is 10.7 Å². The van der Waals surface area contributed by atoms with Crippen molar-refractivity contribution in [2.24, 2.45) is 0 Å². The summed E-state index contributed by atoms with van der Waals surface area (Å²) in [6.07, 6.45) is 0. The van der Waals surface area contributed by atoms with Crippen molar-refractivity contribution in [2.45, 2.75) is 0 Å². The maximum atomic E-state index is 12.1. The molecule has 0 bridgehead atoms. The number of benzene rings is 1. The van der Waals surface area contributed by atoms with E-state index in [9.17, 15) is 4.79 Å². The molecule has 0 aliphatic rings. The monoisotopic (exact) mass is 260 g/mol. The van der Waals surface area contributed by atoms with Gasteiger partial charge in [-0.3, -0.25) is 10.1 Å². The maximum absolute atomic E-state index is 12.1. The van der Waals surface area contributed by atoms with E-state index in [1.165, 1.54) is 11.3 Å². The van der Waals surface area contributed by atoms with E-state index in [4.69, 9.17) is 5.73 Å². The smallest absolute Gasteiger partial charge is 0.259 e. The van der Waals surface area contributed by atoms with Crippen molar-refractivity contribution in [1.82, 2.24) is 20.2 Å². The number of aromatic nitrogens is 4. The van der Waals surface area contributed by atoms with Crippen molar-refractivity contribution in [3.05, 3.63) is 29.3 Å². The molecule has 3 rings (SSSR count). The van der Waals surface area contributed by atoms with E-state index >= 15 is 0 Å². The Morgan fingerprint density at radius 2 is 2.33 bits per heavy atom. The lowest BCUT2D eigenvalue weighted by atomic mass is 10.2. The molecule has 0 saturated carbocycles. The summed E-state index contributed by atoms with van der Waals surface area (Å²) in [5.41, 5.74) is 8.85. The Kier molecular flexibility index (Phi) is 2.41. The highest BCUT2D eigenvalue weighted by Gasteiger charge is 2.13. The van der Waals surface area contributed by atoms with Gasteiger partial charge in [0.2, 0.25) is 5.13 Å². The first kappa shape index (κ1) is 10.7. The van der Waals surface area contributed by atoms with Crippen LogP contribution in [0.1, 0.15) is 10.4 Å². The normalized spacial score (nSPS) is 10.7. The minimum Gasteiger partial charge on any atom is -0.369 e. The van der Waals surface area contributed by atoms with Crippen LogP contribution in [0.25, 0.3) is 11.0 Å². The predicted molar refractivity (Wildman–Crippen MR) is 68.4 cm³/mol. The van der Waals surface area contributed by atoms with E-state index in [1.54, 1.807) is 23.7 Å². The number of nitrogens with one attached hydrogen (secondary N) is 2. The molecule has 0 atom stereocenters. The van der Waals surface area contributed by atoms with Gasteiger partial charge in [0.1, 0.15) is 5.51 Å². The van der Waals surface area contributed by atoms with Crippen LogP contribution in [-0.2, 0) is 0 Å². The van der Waals surface area contributed by atoms with Gasteiger partial charge in [0.15, 0.2) is 5.95 Å². The molecule has 0 radical (unpaired) electrons. The van der Waals surface area contributed by atoms with E-state index in [2.05, 4.69) is 25.5 Å². The zero-order chi connectivity index (χ0) is 12.5. The van der Waals surface area contributed by atoms with Crippen LogP contribution < -0.4 is 11.1 Å². The van der Waals surface area contributed by atoms with Gasteiger partial charge in [-0.25, -0.2) is 4.98 Å². The molecule has 2 aromatic heterocycles. The van der Waals surface area contributed by atoms with Gasteiger partial charge >= 0.3 is 0 Å². The molecule has 8 heteroatoms. The largest absolute Gasteiger partial charge is 0.369 e. The van der Waals surface area contributed by atoms with Crippen molar-refractivity contribution in [3.8, 4) is 0 Å². The number of nitrogen functional groups attached to an aromatic ring is 1. The van der Waals surface area contributed by atoms with Crippen LogP contribution >= 0.6 is 11.3 Å². The van der Waals surface area contributed by atoms with Crippen molar-refractivity contribution in [2.75, 3.05) is 11.1 Å². The number of imidazole rings is 1. The van der Waals surface area contributed by atoms with Crippen molar-refractivity contribution >= 4 is 39.4 Å². The number of H-pyrrole nitrogens is 1. The topological polar surface area (TPSA) is 110 Å². The maximum Gasteiger partial charge on any atom is 0.259 e. The molecule has 3 aromatic rings. The zero-order valence-electron chi connectivity index (χ0n) is 9.04. The standard InChI is InChI=1S/C10H8N6OS/c11-9-13-6-3-1-2-5(7(6)14-9)8(17)15-10-16-12-4-18-10/h1-4H,(H3,11,13,14)(H,15,16,17). The summed E-state index contributed by atoms with van der Waals surface area (Å²) in [7, 11) is 0. The minimum absolute atomic E-state index is 0.277. The first-order valence-electron chi connectivity index (χ1n) is 5.06. The highest BCUT2D eigenvalue weighted by atomic mass is 32.1. The number of nitrogens with two attached hydrogens (primary N) is 1. The number of rotatable bonds is 2. The molecule has 90 valence electrons. The van der Waals surface area contributed by atoms with Crippen LogP contribution in [0.2, 0.25) is 0 Å². The number of anilines is 2. The second-order valence-electron chi connectivity index (χ2n) is 3.52. The Hall–Kier alpha value is -2.48. The number of carbonyl (C=O) groups excluding carboxylic acids is 1. The third kappa shape index (κ3) is 1.78. The van der Waals surface area contributed by atoms with Gasteiger partial charge in [-0.1, -0.05) is 17.4 Å². The Balaban J connectivity index is 2.01. The second-order valence-corrected chi connectivity index (χ2v) is 4.35. The fraction of sp³-hybridized carbons (Fsp3) is 0. The quantitative estimate of drug-likeness (QED) is 0.642. The summed E-state index contributed by atoms with van der Waals surface area (Å²) in [5.74, 6) is 0.00200. The van der Waals surface area contributed by atoms with Crippen LogP contribution in [0.15, 0.2) is 23.7 Å². The molecule has 0 fully saturated rings. The van der Waals surface area contributed by atoms with Crippen molar-refractivity contribution in [3.63, 3.8) is 0 Å². The number of hydrogen-bond acceptors (Lipinski definition) is 6. The fourth-order valence-electron chi connectivity index (χ4n) is 1.63. The van der Waals surface area contributed by atoms with Crippen LogP contribution in [-0.4, -0.2) is 26.1 Å². The lowest BCUT2D eigenvalue weighted by Gasteiger charge is -2.01.